The van der Waals surface area contributed by atoms with E-state index in [1.807, 2.05) is 4.57 Å². The third kappa shape index (κ3) is 6.44. The highest BCUT2D eigenvalue weighted by atomic mass is 19.1. The first-order valence-electron chi connectivity index (χ1n) is 18.0. The lowest BCUT2D eigenvalue weighted by Crippen LogP contribution is -2.51. The summed E-state index contributed by atoms with van der Waals surface area (Å²) in [6.45, 7) is 9.62. The predicted octanol–water partition coefficient (Wildman–Crippen LogP) is 5.32. The Hall–Kier alpha value is -4.28. The van der Waals surface area contributed by atoms with Gasteiger partial charge < -0.3 is 30.1 Å². The summed E-state index contributed by atoms with van der Waals surface area (Å²) >= 11 is 0. The van der Waals surface area contributed by atoms with Crippen molar-refractivity contribution in [3.63, 3.8) is 0 Å². The van der Waals surface area contributed by atoms with E-state index >= 15 is 4.39 Å². The van der Waals surface area contributed by atoms with Crippen LogP contribution < -0.4 is 20.3 Å². The minimum Gasteiger partial charge on any atom is -0.495 e. The van der Waals surface area contributed by atoms with Crippen molar-refractivity contribution in [2.45, 2.75) is 95.8 Å². The second kappa shape index (κ2) is 14.3. The van der Waals surface area contributed by atoms with E-state index in [0.717, 1.165) is 94.9 Å². The lowest BCUT2D eigenvalue weighted by molar-refractivity contribution is 0.0774. The van der Waals surface area contributed by atoms with E-state index in [0.29, 0.717) is 23.2 Å². The van der Waals surface area contributed by atoms with Crippen molar-refractivity contribution in [2.75, 3.05) is 50.1 Å². The molecule has 1 aliphatic carbocycles. The number of ether oxygens (including phenoxy) is 1. The summed E-state index contributed by atoms with van der Waals surface area (Å²) in [6.07, 6.45) is 12.6. The average Bonchev–Trinajstić information content (AvgIpc) is 3.82. The number of hydrogen-bond donors (Lipinski definition) is 2. The topological polar surface area (TPSA) is 127 Å². The second-order valence-electron chi connectivity index (χ2n) is 13.7. The maximum Gasteiger partial charge on any atom is 0.254 e. The molecule has 4 aliphatic rings. The SMILES string of the molecule is CCC1c2c(C#N)ncn2-c2cnc(Nc3cc(F)c(C(=O)NC4CCN(C5CCN(CC)CC5)CC4)cc3OC)nc2N1C1CCCC1. The minimum absolute atomic E-state index is 0.00147. The van der Waals surface area contributed by atoms with Gasteiger partial charge in [-0.1, -0.05) is 26.7 Å². The van der Waals surface area contributed by atoms with Crippen LogP contribution >= 0.6 is 0 Å². The molecule has 2 N–H and O–H groups in total. The van der Waals surface area contributed by atoms with Crippen LogP contribution in [0.3, 0.4) is 0 Å². The number of methoxy groups -OCH3 is 1. The fourth-order valence-corrected chi connectivity index (χ4v) is 8.41. The normalized spacial score (nSPS) is 20.9. The number of imidazole rings is 1. The predicted molar refractivity (Wildman–Crippen MR) is 185 cm³/mol. The summed E-state index contributed by atoms with van der Waals surface area (Å²) in [4.78, 5) is 34.7. The smallest absolute Gasteiger partial charge is 0.254 e. The van der Waals surface area contributed by atoms with Gasteiger partial charge in [0, 0.05) is 37.3 Å². The van der Waals surface area contributed by atoms with Crippen LogP contribution in [0.15, 0.2) is 24.7 Å². The number of likely N-dealkylation sites (tertiary alicyclic amines) is 2. The number of piperidine rings is 2. The van der Waals surface area contributed by atoms with Crippen LogP contribution in [0, 0.1) is 17.1 Å². The number of carbonyl (C=O) groups is 1. The molecule has 3 aromatic rings. The first-order chi connectivity index (χ1) is 23.9. The maximum atomic E-state index is 15.6. The summed E-state index contributed by atoms with van der Waals surface area (Å²) in [5.74, 6) is 0.259. The summed E-state index contributed by atoms with van der Waals surface area (Å²) in [6, 6.07) is 5.81. The average molecular weight is 671 g/mol. The molecule has 0 radical (unpaired) electrons. The molecule has 3 aliphatic heterocycles. The summed E-state index contributed by atoms with van der Waals surface area (Å²) in [5.41, 5.74) is 2.31. The van der Waals surface area contributed by atoms with Crippen LogP contribution in [0.5, 0.6) is 5.75 Å². The number of nitrogens with one attached hydrogen (secondary N) is 2. The molecule has 12 nitrogen and oxygen atoms in total. The Balaban J connectivity index is 1.07. The van der Waals surface area contributed by atoms with E-state index in [2.05, 4.69) is 55.2 Å². The Labute approximate surface area is 287 Å². The Kier molecular flexibility index (Phi) is 9.69. The van der Waals surface area contributed by atoms with Gasteiger partial charge in [0.15, 0.2) is 11.5 Å². The van der Waals surface area contributed by atoms with E-state index in [1.54, 1.807) is 12.5 Å². The van der Waals surface area contributed by atoms with Crippen LogP contribution in [-0.4, -0.2) is 93.2 Å². The molecule has 0 bridgehead atoms. The lowest BCUT2D eigenvalue weighted by Gasteiger charge is -2.41. The van der Waals surface area contributed by atoms with Crippen LogP contribution in [0.2, 0.25) is 0 Å². The molecule has 5 heterocycles. The van der Waals surface area contributed by atoms with E-state index in [1.165, 1.54) is 32.1 Å². The monoisotopic (exact) mass is 670 g/mol. The highest BCUT2D eigenvalue weighted by Crippen LogP contribution is 2.44. The Morgan fingerprint density at radius 2 is 1.80 bits per heavy atom. The first kappa shape index (κ1) is 33.2. The molecule has 1 amide bonds. The lowest BCUT2D eigenvalue weighted by atomic mass is 9.97. The first-order valence-corrected chi connectivity index (χ1v) is 18.0. The molecule has 1 unspecified atom stereocenters. The van der Waals surface area contributed by atoms with Crippen molar-refractivity contribution in [1.29, 1.82) is 5.26 Å². The highest BCUT2D eigenvalue weighted by molar-refractivity contribution is 5.96. The molecule has 1 saturated carbocycles. The number of halogens is 1. The number of fused-ring (bicyclic) bond motifs is 3. The molecule has 3 fully saturated rings. The highest BCUT2D eigenvalue weighted by Gasteiger charge is 2.39. The van der Waals surface area contributed by atoms with Crippen LogP contribution in [0.1, 0.15) is 99.4 Å². The number of benzene rings is 1. The number of carbonyl (C=O) groups excluding carboxylic acids is 1. The van der Waals surface area contributed by atoms with Gasteiger partial charge in [0.2, 0.25) is 5.95 Å². The third-order valence-corrected chi connectivity index (χ3v) is 11.1. The minimum atomic E-state index is -0.649. The molecule has 2 saturated heterocycles. The summed E-state index contributed by atoms with van der Waals surface area (Å²) in [7, 11) is 1.50. The third-order valence-electron chi connectivity index (χ3n) is 11.1. The zero-order valence-corrected chi connectivity index (χ0v) is 28.8. The van der Waals surface area contributed by atoms with Crippen LogP contribution in [-0.2, 0) is 0 Å². The van der Waals surface area contributed by atoms with Gasteiger partial charge in [-0.05, 0) is 70.6 Å². The largest absolute Gasteiger partial charge is 0.495 e. The van der Waals surface area contributed by atoms with Gasteiger partial charge in [-0.2, -0.15) is 10.2 Å². The fraction of sp³-hybridized carbons (Fsp3) is 0.583. The molecule has 13 heteroatoms. The molecule has 7 rings (SSSR count). The zero-order valence-electron chi connectivity index (χ0n) is 28.8. The number of amides is 1. The van der Waals surface area contributed by atoms with E-state index in [4.69, 9.17) is 9.72 Å². The molecular weight excluding hydrogens is 623 g/mol. The van der Waals surface area contributed by atoms with Crippen molar-refractivity contribution < 1.29 is 13.9 Å². The number of rotatable bonds is 9. The molecule has 1 atom stereocenters. The van der Waals surface area contributed by atoms with Gasteiger partial charge in [0.25, 0.3) is 5.91 Å². The summed E-state index contributed by atoms with van der Waals surface area (Å²) in [5, 5.41) is 16.1. The maximum absolute atomic E-state index is 15.6. The van der Waals surface area contributed by atoms with Crippen molar-refractivity contribution in [3.05, 3.63) is 47.4 Å². The molecule has 260 valence electrons. The molecule has 2 aromatic heterocycles. The van der Waals surface area contributed by atoms with Gasteiger partial charge in [-0.3, -0.25) is 9.36 Å². The molecular formula is C36H47FN10O2. The Morgan fingerprint density at radius 3 is 2.47 bits per heavy atom. The van der Waals surface area contributed by atoms with E-state index in [-0.39, 0.29) is 29.6 Å². The molecule has 0 spiro atoms. The molecule has 49 heavy (non-hydrogen) atoms. The van der Waals surface area contributed by atoms with Gasteiger partial charge in [0.1, 0.15) is 29.7 Å². The van der Waals surface area contributed by atoms with Crippen LogP contribution in [0.4, 0.5) is 21.8 Å². The second-order valence-corrected chi connectivity index (χ2v) is 13.7. The van der Waals surface area contributed by atoms with E-state index in [9.17, 15) is 10.1 Å². The van der Waals surface area contributed by atoms with Crippen molar-refractivity contribution in [1.82, 2.24) is 34.6 Å². The quantitative estimate of drug-likeness (QED) is 0.309. The zero-order chi connectivity index (χ0) is 34.1. The fourth-order valence-electron chi connectivity index (χ4n) is 8.41. The van der Waals surface area contributed by atoms with E-state index < -0.39 is 11.7 Å². The Bertz CT molecular complexity index is 1700. The van der Waals surface area contributed by atoms with Gasteiger partial charge in [0.05, 0.1) is 36.3 Å². The number of anilines is 3. The number of aromatic nitrogens is 4. The van der Waals surface area contributed by atoms with Crippen LogP contribution in [0.25, 0.3) is 5.69 Å². The van der Waals surface area contributed by atoms with Crippen molar-refractivity contribution >= 4 is 23.4 Å². The van der Waals surface area contributed by atoms with Gasteiger partial charge in [-0.15, -0.1) is 0 Å². The van der Waals surface area contributed by atoms with Crippen molar-refractivity contribution in [2.24, 2.45) is 0 Å². The number of hydrogen-bond acceptors (Lipinski definition) is 10. The Morgan fingerprint density at radius 1 is 1.04 bits per heavy atom. The molecule has 1 aromatic carbocycles. The number of nitriles is 1. The van der Waals surface area contributed by atoms with Gasteiger partial charge >= 0.3 is 0 Å². The van der Waals surface area contributed by atoms with Gasteiger partial charge in [-0.25, -0.2) is 14.4 Å². The number of nitrogens with zero attached hydrogens (tertiary/aromatic N) is 8. The van der Waals surface area contributed by atoms with Crippen molar-refractivity contribution in [3.8, 4) is 17.5 Å². The standard InChI is InChI=1S/C36H47FN10O2/c1-4-30-33-29(20-38)40-22-46(33)31-21-39-36(43-34(31)47(30)25-8-6-7-9-25)42-28-19-27(37)26(18-32(28)49-3)35(48)41-23-10-16-45(17-11-23)24-12-14-44(5-2)15-13-24/h18-19,21-25,30H,4-17H2,1-3H3,(H,41,48)(H,39,42,43). The summed E-state index contributed by atoms with van der Waals surface area (Å²) < 4.78 is 23.2.